The van der Waals surface area contributed by atoms with Crippen LogP contribution in [0.15, 0.2) is 194 Å². The van der Waals surface area contributed by atoms with Crippen LogP contribution in [0.2, 0.25) is 0 Å². The first-order valence-electron chi connectivity index (χ1n) is 25.2. The van der Waals surface area contributed by atoms with Gasteiger partial charge in [-0.25, -0.2) is 4.98 Å². The van der Waals surface area contributed by atoms with Crippen molar-refractivity contribution in [1.29, 1.82) is 0 Å². The Morgan fingerprint density at radius 3 is 1.97 bits per heavy atom. The molecule has 0 fully saturated rings. The molecule has 0 aliphatic heterocycles. The molecule has 0 amide bonds. The molecule has 0 radical (unpaired) electrons. The van der Waals surface area contributed by atoms with Gasteiger partial charge < -0.3 is 5.11 Å². The number of aromatic hydroxyl groups is 1. The molecule has 2 aromatic heterocycles. The van der Waals surface area contributed by atoms with Crippen LogP contribution in [-0.4, -0.2) is 19.6 Å². The fourth-order valence-corrected chi connectivity index (χ4v) is 7.94. The Morgan fingerprint density at radius 2 is 1.26 bits per heavy atom. The number of hydrogen-bond acceptors (Lipinski definition) is 3. The van der Waals surface area contributed by atoms with Gasteiger partial charge in [0.25, 0.3) is 0 Å². The van der Waals surface area contributed by atoms with Crippen LogP contribution >= 0.6 is 0 Å². The summed E-state index contributed by atoms with van der Waals surface area (Å²) < 4.78 is 97.9. The van der Waals surface area contributed by atoms with Gasteiger partial charge in [0.15, 0.2) is 0 Å². The first-order chi connectivity index (χ1) is 34.4. The molecule has 0 bridgehead atoms. The van der Waals surface area contributed by atoms with Gasteiger partial charge in [-0.05, 0) is 101 Å². The van der Waals surface area contributed by atoms with Crippen molar-refractivity contribution in [2.45, 2.75) is 20.7 Å². The molecule has 0 aliphatic rings. The zero-order chi connectivity index (χ0) is 50.9. The molecular formula is C57H42N3OPt-. The maximum Gasteiger partial charge on any atom is 0.148 e. The summed E-state index contributed by atoms with van der Waals surface area (Å²) in [4.78, 5) is 9.83. The molecule has 0 spiro atoms. The van der Waals surface area contributed by atoms with Crippen molar-refractivity contribution in [3.63, 3.8) is 0 Å². The zero-order valence-corrected chi connectivity index (χ0v) is 35.7. The normalized spacial score (nSPS) is 13.8. The Kier molecular flexibility index (Phi) is 8.04. The van der Waals surface area contributed by atoms with E-state index in [-0.39, 0.29) is 54.8 Å². The second kappa shape index (κ2) is 17.1. The Hall–Kier alpha value is -7.13. The molecule has 2 heterocycles. The molecule has 0 unspecified atom stereocenters. The number of imidazole rings is 1. The zero-order valence-electron chi connectivity index (χ0n) is 44.5. The number of rotatable bonds is 8. The van der Waals surface area contributed by atoms with Gasteiger partial charge in [-0.15, -0.1) is 23.8 Å². The summed E-state index contributed by atoms with van der Waals surface area (Å²) in [6.07, 6.45) is -0.574. The van der Waals surface area contributed by atoms with Crippen molar-refractivity contribution in [2.75, 3.05) is 0 Å². The molecule has 5 heteroatoms. The van der Waals surface area contributed by atoms with Gasteiger partial charge in [0, 0.05) is 42.6 Å². The summed E-state index contributed by atoms with van der Waals surface area (Å²) in [6, 6.07) is 44.2. The Morgan fingerprint density at radius 1 is 0.581 bits per heavy atom. The Balaban J connectivity index is 0.00000656. The number of hydrogen-bond donors (Lipinski definition) is 1. The molecule has 0 aliphatic carbocycles. The number of fused-ring (bicyclic) bond motifs is 1. The van der Waals surface area contributed by atoms with E-state index in [1.807, 2.05) is 152 Å². The summed E-state index contributed by atoms with van der Waals surface area (Å²) in [5, 5.41) is 12.0. The maximum absolute atomic E-state index is 12.0. The Bertz CT molecular complexity index is 3780. The molecule has 62 heavy (non-hydrogen) atoms. The average Bonchev–Trinajstić information content (AvgIpc) is 3.77. The van der Waals surface area contributed by atoms with E-state index in [4.69, 9.17) is 18.7 Å². The monoisotopic (exact) mass is 990 g/mol. The second-order valence-corrected chi connectivity index (χ2v) is 14.8. The fourth-order valence-electron chi connectivity index (χ4n) is 7.94. The van der Waals surface area contributed by atoms with Gasteiger partial charge in [-0.1, -0.05) is 162 Å². The number of aromatic nitrogens is 3. The van der Waals surface area contributed by atoms with Crippen LogP contribution < -0.4 is 0 Å². The van der Waals surface area contributed by atoms with Crippen LogP contribution in [0.3, 0.4) is 0 Å². The second-order valence-electron chi connectivity index (χ2n) is 14.8. The summed E-state index contributed by atoms with van der Waals surface area (Å²) in [5.74, 6) is 0.373. The Labute approximate surface area is 392 Å². The summed E-state index contributed by atoms with van der Waals surface area (Å²) in [5.41, 5.74) is 8.14. The van der Waals surface area contributed by atoms with E-state index in [1.165, 1.54) is 0 Å². The minimum Gasteiger partial charge on any atom is -0.507 e. The third-order valence-electron chi connectivity index (χ3n) is 10.8. The number of phenolic OH excluding ortho intramolecular Hbond substituents is 1. The topological polar surface area (TPSA) is 50.9 Å². The number of nitrogens with zero attached hydrogens (tertiary/aromatic N) is 3. The standard InChI is InChI=1S/C57H42N3O.Pt/c1-37-29-39(3)56(61)51(30-37)57-59-55-48(46-32-45(41-19-10-5-11-20-41)33-47(34-46)52-35-44(27-28-58-52)40-17-8-4-9-18-40)25-16-26-53(55)60(57)54-36-49(42-21-12-6-13-22-42)38(2)31-50(54)43-23-14-7-15-24-43;/h4-33,35-36,61H,1-3H3;/q-1;/i2D3,4D,8D,9D,17D,18D,27D,28D,35D;. The molecule has 0 atom stereocenters. The number of pyridine rings is 1. The van der Waals surface area contributed by atoms with Crippen LogP contribution in [0.1, 0.15) is 31.8 Å². The van der Waals surface area contributed by atoms with Crippen molar-refractivity contribution < 1.29 is 41.3 Å². The molecule has 0 saturated heterocycles. The van der Waals surface area contributed by atoms with Crippen molar-refractivity contribution in [3.8, 4) is 89.7 Å². The van der Waals surface area contributed by atoms with E-state index in [0.717, 1.165) is 16.7 Å². The average molecular weight is 991 g/mol. The van der Waals surface area contributed by atoms with Gasteiger partial charge in [-0.2, -0.15) is 0 Å². The predicted molar refractivity (Wildman–Crippen MR) is 252 cm³/mol. The number of benzene rings is 8. The minimum atomic E-state index is -2.51. The fraction of sp³-hybridized carbons (Fsp3) is 0.0526. The predicted octanol–water partition coefficient (Wildman–Crippen LogP) is 14.5. The van der Waals surface area contributed by atoms with E-state index in [2.05, 4.69) is 11.1 Å². The van der Waals surface area contributed by atoms with E-state index < -0.39 is 55.3 Å². The molecule has 1 N–H and O–H groups in total. The first-order valence-corrected chi connectivity index (χ1v) is 19.7. The SMILES string of the molecule is [2H]c1nc(-c2[c-]c(-c3cccc4c3nc(-c3cc(C)cc(C)c3O)n4-c3cc(-c4ccccc4)c(C([2H])([2H])[2H])cc3-c3ccccc3)cc(-c3ccccc3)c2)c([2H])c(-c2c([2H])c([2H])c([2H])c([2H])c2[2H])c1[2H].[Pt]. The van der Waals surface area contributed by atoms with Crippen LogP contribution in [0.25, 0.3) is 95.0 Å². The molecular weight excluding hydrogens is 938 g/mol. The molecule has 10 rings (SSSR count). The quantitative estimate of drug-likeness (QED) is 0.154. The summed E-state index contributed by atoms with van der Waals surface area (Å²) >= 11 is 0. The largest absolute Gasteiger partial charge is 0.507 e. The van der Waals surface area contributed by atoms with Gasteiger partial charge in [0.2, 0.25) is 0 Å². The maximum atomic E-state index is 12.0. The third-order valence-corrected chi connectivity index (χ3v) is 10.8. The molecule has 8 aromatic carbocycles. The van der Waals surface area contributed by atoms with Crippen LogP contribution in [0.5, 0.6) is 5.75 Å². The molecule has 10 aromatic rings. The van der Waals surface area contributed by atoms with Gasteiger partial charge in [0.1, 0.15) is 11.6 Å². The smallest absolute Gasteiger partial charge is 0.148 e. The van der Waals surface area contributed by atoms with Crippen molar-refractivity contribution in [3.05, 3.63) is 217 Å². The van der Waals surface area contributed by atoms with E-state index >= 15 is 0 Å². The molecule has 302 valence electrons. The van der Waals surface area contributed by atoms with E-state index in [1.54, 1.807) is 12.1 Å². The van der Waals surface area contributed by atoms with Crippen LogP contribution in [-0.2, 0) is 21.1 Å². The van der Waals surface area contributed by atoms with Crippen molar-refractivity contribution in [1.82, 2.24) is 14.5 Å². The number of aryl methyl sites for hydroxylation is 3. The summed E-state index contributed by atoms with van der Waals surface area (Å²) in [6.45, 7) is 1.24. The van der Waals surface area contributed by atoms with Gasteiger partial charge in [-0.3, -0.25) is 9.55 Å². The van der Waals surface area contributed by atoms with E-state index in [0.29, 0.717) is 67.1 Å². The van der Waals surface area contributed by atoms with Gasteiger partial charge in [0.05, 0.1) is 33.3 Å². The summed E-state index contributed by atoms with van der Waals surface area (Å²) in [7, 11) is 0. The first kappa shape index (κ1) is 29.2. The van der Waals surface area contributed by atoms with E-state index in [9.17, 15) is 6.48 Å². The van der Waals surface area contributed by atoms with Crippen molar-refractivity contribution >= 4 is 11.0 Å². The minimum absolute atomic E-state index is 0. The van der Waals surface area contributed by atoms with Gasteiger partial charge >= 0.3 is 0 Å². The molecule has 0 saturated carbocycles. The van der Waals surface area contributed by atoms with Crippen LogP contribution in [0, 0.1) is 26.8 Å². The number of phenols is 1. The number of para-hydroxylation sites is 1. The molecule has 4 nitrogen and oxygen atoms in total. The third kappa shape index (κ3) is 7.59. The van der Waals surface area contributed by atoms with Crippen molar-refractivity contribution in [2.24, 2.45) is 0 Å². The van der Waals surface area contributed by atoms with Crippen LogP contribution in [0.4, 0.5) is 0 Å².